The lowest BCUT2D eigenvalue weighted by Crippen LogP contribution is -2.30. The van der Waals surface area contributed by atoms with E-state index in [2.05, 4.69) is 10.1 Å². The highest BCUT2D eigenvalue weighted by molar-refractivity contribution is 5.94. The van der Waals surface area contributed by atoms with Crippen molar-refractivity contribution < 1.29 is 23.4 Å². The molecule has 0 spiro atoms. The second-order valence-corrected chi connectivity index (χ2v) is 3.47. The van der Waals surface area contributed by atoms with Gasteiger partial charge in [-0.3, -0.25) is 4.79 Å². The smallest absolute Gasteiger partial charge is 0.387 e. The summed E-state index contributed by atoms with van der Waals surface area (Å²) in [4.78, 5) is 11.5. The van der Waals surface area contributed by atoms with E-state index >= 15 is 0 Å². The summed E-state index contributed by atoms with van der Waals surface area (Å²) in [5.74, 6) is -0.532. The molecule has 0 aliphatic heterocycles. The van der Waals surface area contributed by atoms with Gasteiger partial charge in [0, 0.05) is 12.1 Å². The zero-order chi connectivity index (χ0) is 12.8. The number of amides is 1. The number of carbonyl (C=O) groups excluding carboxylic acids is 1. The van der Waals surface area contributed by atoms with Gasteiger partial charge in [-0.1, -0.05) is 6.07 Å². The number of benzene rings is 1. The van der Waals surface area contributed by atoms with Crippen LogP contribution in [0.3, 0.4) is 0 Å². The fourth-order valence-corrected chi connectivity index (χ4v) is 1.16. The molecule has 0 aromatic heterocycles. The van der Waals surface area contributed by atoms with Crippen LogP contribution in [0.15, 0.2) is 24.3 Å². The third kappa shape index (κ3) is 4.78. The van der Waals surface area contributed by atoms with Gasteiger partial charge in [0.25, 0.3) is 5.91 Å². The van der Waals surface area contributed by atoms with Crippen molar-refractivity contribution in [1.82, 2.24) is 5.32 Å². The monoisotopic (exact) mass is 245 g/mol. The van der Waals surface area contributed by atoms with Crippen LogP contribution in [0.5, 0.6) is 5.75 Å². The van der Waals surface area contributed by atoms with Crippen LogP contribution in [0.25, 0.3) is 0 Å². The Kier molecular flexibility index (Phi) is 4.84. The van der Waals surface area contributed by atoms with Crippen molar-refractivity contribution in [3.8, 4) is 5.75 Å². The summed E-state index contributed by atoms with van der Waals surface area (Å²) < 4.78 is 28.1. The second-order valence-electron chi connectivity index (χ2n) is 3.47. The molecule has 2 N–H and O–H groups in total. The van der Waals surface area contributed by atoms with Crippen molar-refractivity contribution in [2.75, 3.05) is 6.54 Å². The van der Waals surface area contributed by atoms with E-state index in [-0.39, 0.29) is 17.9 Å². The van der Waals surface area contributed by atoms with Gasteiger partial charge < -0.3 is 15.2 Å². The third-order valence-corrected chi connectivity index (χ3v) is 1.88. The van der Waals surface area contributed by atoms with Crippen LogP contribution < -0.4 is 10.1 Å². The Bertz CT molecular complexity index is 383. The first kappa shape index (κ1) is 13.4. The lowest BCUT2D eigenvalue weighted by molar-refractivity contribution is -0.0498. The van der Waals surface area contributed by atoms with Gasteiger partial charge in [-0.15, -0.1) is 0 Å². The van der Waals surface area contributed by atoms with Gasteiger partial charge in [-0.2, -0.15) is 8.78 Å². The predicted molar refractivity (Wildman–Crippen MR) is 57.1 cm³/mol. The fourth-order valence-electron chi connectivity index (χ4n) is 1.16. The predicted octanol–water partition coefficient (Wildman–Crippen LogP) is 1.40. The summed E-state index contributed by atoms with van der Waals surface area (Å²) in [6.45, 7) is -1.30. The summed E-state index contributed by atoms with van der Waals surface area (Å²) in [6.07, 6.45) is -0.667. The molecule has 0 radical (unpaired) electrons. The van der Waals surface area contributed by atoms with E-state index in [1.807, 2.05) is 0 Å². The minimum Gasteiger partial charge on any atom is -0.435 e. The maximum absolute atomic E-state index is 12.0. The van der Waals surface area contributed by atoms with Crippen molar-refractivity contribution in [3.63, 3.8) is 0 Å². The Labute approximate surface area is 97.2 Å². The molecule has 94 valence electrons. The Morgan fingerprint density at radius 1 is 1.53 bits per heavy atom. The molecule has 0 unspecified atom stereocenters. The van der Waals surface area contributed by atoms with E-state index in [4.69, 9.17) is 5.11 Å². The lowest BCUT2D eigenvalue weighted by atomic mass is 10.2. The van der Waals surface area contributed by atoms with Crippen LogP contribution >= 0.6 is 0 Å². The van der Waals surface area contributed by atoms with Crippen LogP contribution in [-0.4, -0.2) is 30.3 Å². The molecular formula is C11H13F2NO3. The molecule has 0 bridgehead atoms. The van der Waals surface area contributed by atoms with Crippen molar-refractivity contribution in [2.45, 2.75) is 19.6 Å². The Morgan fingerprint density at radius 3 is 2.82 bits per heavy atom. The molecule has 0 heterocycles. The SMILES string of the molecule is C[C@@H](O)CNC(=O)c1cccc(OC(F)F)c1. The number of hydrogen-bond donors (Lipinski definition) is 2. The average molecular weight is 245 g/mol. The van der Waals surface area contributed by atoms with Crippen molar-refractivity contribution in [2.24, 2.45) is 0 Å². The minimum absolute atomic E-state index is 0.0790. The normalized spacial score (nSPS) is 12.3. The third-order valence-electron chi connectivity index (χ3n) is 1.88. The fraction of sp³-hybridized carbons (Fsp3) is 0.364. The Balaban J connectivity index is 2.67. The molecule has 0 saturated heterocycles. The number of aliphatic hydroxyl groups excluding tert-OH is 1. The maximum atomic E-state index is 12.0. The molecule has 1 aromatic carbocycles. The Morgan fingerprint density at radius 2 is 2.24 bits per heavy atom. The molecule has 1 amide bonds. The van der Waals surface area contributed by atoms with Gasteiger partial charge in [0.2, 0.25) is 0 Å². The average Bonchev–Trinajstić information content (AvgIpc) is 2.25. The molecule has 0 saturated carbocycles. The standard InChI is InChI=1S/C11H13F2NO3/c1-7(15)6-14-10(16)8-3-2-4-9(5-8)17-11(12)13/h2-5,7,11,15H,6H2,1H3,(H,14,16)/t7-/m1/s1. The summed E-state index contributed by atoms with van der Waals surface area (Å²) in [5, 5.41) is 11.4. The highest BCUT2D eigenvalue weighted by Gasteiger charge is 2.09. The molecule has 17 heavy (non-hydrogen) atoms. The summed E-state index contributed by atoms with van der Waals surface area (Å²) >= 11 is 0. The lowest BCUT2D eigenvalue weighted by Gasteiger charge is -2.08. The van der Waals surface area contributed by atoms with E-state index in [1.54, 1.807) is 0 Å². The summed E-state index contributed by atoms with van der Waals surface area (Å²) in [5.41, 5.74) is 0.198. The van der Waals surface area contributed by atoms with Gasteiger partial charge in [-0.05, 0) is 25.1 Å². The van der Waals surface area contributed by atoms with Crippen LogP contribution in [0.1, 0.15) is 17.3 Å². The molecule has 0 aliphatic carbocycles. The topological polar surface area (TPSA) is 58.6 Å². The zero-order valence-electron chi connectivity index (χ0n) is 9.19. The molecule has 4 nitrogen and oxygen atoms in total. The van der Waals surface area contributed by atoms with Crippen LogP contribution in [0.4, 0.5) is 8.78 Å². The number of halogens is 2. The van der Waals surface area contributed by atoms with Crippen LogP contribution in [0, 0.1) is 0 Å². The van der Waals surface area contributed by atoms with Crippen molar-refractivity contribution in [1.29, 1.82) is 0 Å². The largest absolute Gasteiger partial charge is 0.435 e. The Hall–Kier alpha value is -1.69. The van der Waals surface area contributed by atoms with Crippen LogP contribution in [0.2, 0.25) is 0 Å². The van der Waals surface area contributed by atoms with Gasteiger partial charge in [0.15, 0.2) is 0 Å². The summed E-state index contributed by atoms with van der Waals surface area (Å²) in [6, 6.07) is 5.45. The minimum atomic E-state index is -2.93. The molecular weight excluding hydrogens is 232 g/mol. The molecule has 1 rings (SSSR count). The van der Waals surface area contributed by atoms with Crippen LogP contribution in [-0.2, 0) is 0 Å². The van der Waals surface area contributed by atoms with Gasteiger partial charge >= 0.3 is 6.61 Å². The second kappa shape index (κ2) is 6.15. The number of hydrogen-bond acceptors (Lipinski definition) is 3. The first-order valence-electron chi connectivity index (χ1n) is 5.00. The molecule has 1 aromatic rings. The quantitative estimate of drug-likeness (QED) is 0.824. The van der Waals surface area contributed by atoms with E-state index in [0.717, 1.165) is 0 Å². The van der Waals surface area contributed by atoms with Crippen molar-refractivity contribution in [3.05, 3.63) is 29.8 Å². The van der Waals surface area contributed by atoms with E-state index in [0.29, 0.717) is 0 Å². The number of carbonyl (C=O) groups is 1. The van der Waals surface area contributed by atoms with Gasteiger partial charge in [0.05, 0.1) is 6.10 Å². The number of nitrogens with one attached hydrogen (secondary N) is 1. The maximum Gasteiger partial charge on any atom is 0.387 e. The molecule has 1 atom stereocenters. The first-order valence-corrected chi connectivity index (χ1v) is 5.00. The number of ether oxygens (including phenoxy) is 1. The van der Waals surface area contributed by atoms with E-state index in [9.17, 15) is 13.6 Å². The zero-order valence-corrected chi connectivity index (χ0v) is 9.19. The molecule has 0 aliphatic rings. The highest BCUT2D eigenvalue weighted by Crippen LogP contribution is 2.15. The molecule has 6 heteroatoms. The van der Waals surface area contributed by atoms with Gasteiger partial charge in [0.1, 0.15) is 5.75 Å². The first-order chi connectivity index (χ1) is 7.99. The van der Waals surface area contributed by atoms with Crippen molar-refractivity contribution >= 4 is 5.91 Å². The van der Waals surface area contributed by atoms with Gasteiger partial charge in [-0.25, -0.2) is 0 Å². The number of aliphatic hydroxyl groups is 1. The van der Waals surface area contributed by atoms with E-state index < -0.39 is 18.6 Å². The van der Waals surface area contributed by atoms with E-state index in [1.165, 1.54) is 31.2 Å². The summed E-state index contributed by atoms with van der Waals surface area (Å²) in [7, 11) is 0. The number of rotatable bonds is 5. The molecule has 0 fully saturated rings. The number of alkyl halides is 2. The highest BCUT2D eigenvalue weighted by atomic mass is 19.3.